The lowest BCUT2D eigenvalue weighted by atomic mass is 10.1. The predicted molar refractivity (Wildman–Crippen MR) is 141 cm³/mol. The van der Waals surface area contributed by atoms with Gasteiger partial charge in [0, 0.05) is 17.1 Å². The summed E-state index contributed by atoms with van der Waals surface area (Å²) in [4.78, 5) is 17.6. The monoisotopic (exact) mass is 519 g/mol. The minimum atomic E-state index is -2.38. The largest absolute Gasteiger partial charge is 0.494 e. The van der Waals surface area contributed by atoms with Crippen molar-refractivity contribution in [3.63, 3.8) is 0 Å². The molecule has 0 saturated heterocycles. The number of nitrogens with zero attached hydrogens (tertiary/aromatic N) is 3. The van der Waals surface area contributed by atoms with E-state index in [1.165, 1.54) is 0 Å². The van der Waals surface area contributed by atoms with E-state index >= 15 is 0 Å². The van der Waals surface area contributed by atoms with Crippen LogP contribution in [0.5, 0.6) is 5.75 Å². The highest BCUT2D eigenvalue weighted by Gasteiger charge is 2.22. The number of carbonyl (C=O) groups excluding carboxylic acids is 1. The number of fused-ring (bicyclic) bond motifs is 1. The van der Waals surface area contributed by atoms with Gasteiger partial charge < -0.3 is 9.30 Å². The van der Waals surface area contributed by atoms with Gasteiger partial charge in [0.2, 0.25) is 0 Å². The Morgan fingerprint density at radius 1 is 1.23 bits per heavy atom. The van der Waals surface area contributed by atoms with Gasteiger partial charge in [-0.25, -0.2) is 13.5 Å². The molecule has 0 radical (unpaired) electrons. The van der Waals surface area contributed by atoms with Crippen molar-refractivity contribution in [1.29, 1.82) is 0 Å². The number of rotatable bonds is 12. The number of halogens is 1. The smallest absolute Gasteiger partial charge is 0.267 e. The number of hydrogen-bond acceptors (Lipinski definition) is 4. The summed E-state index contributed by atoms with van der Waals surface area (Å²) in [7, 11) is 0. The van der Waals surface area contributed by atoms with Gasteiger partial charge in [-0.05, 0) is 61.6 Å². The second-order valence-electron chi connectivity index (χ2n) is 9.08. The molecule has 0 aliphatic heterocycles. The fraction of sp³-hybridized carbons (Fsp3) is 0.462. The molecule has 2 aromatic carbocycles. The Labute approximate surface area is 214 Å². The first-order valence-corrected chi connectivity index (χ1v) is 13.5. The minimum absolute atomic E-state index is 0.229. The summed E-state index contributed by atoms with van der Waals surface area (Å²) in [5.74, 6) is 1.61. The second kappa shape index (κ2) is 12.5. The fourth-order valence-electron chi connectivity index (χ4n) is 3.80. The van der Waals surface area contributed by atoms with Gasteiger partial charge in [-0.2, -0.15) is 0 Å². The van der Waals surface area contributed by atoms with Gasteiger partial charge in [-0.3, -0.25) is 9.35 Å². The third kappa shape index (κ3) is 7.06. The van der Waals surface area contributed by atoms with Crippen molar-refractivity contribution in [3.8, 4) is 5.75 Å². The molecule has 1 amide bonds. The van der Waals surface area contributed by atoms with E-state index < -0.39 is 17.2 Å². The van der Waals surface area contributed by atoms with Crippen LogP contribution in [0.15, 0.2) is 36.4 Å². The number of imidazole rings is 1. The number of benzene rings is 2. The third-order valence-electron chi connectivity index (χ3n) is 5.88. The molecule has 0 bridgehead atoms. The zero-order valence-electron chi connectivity index (χ0n) is 20.8. The number of ether oxygens (including phenoxy) is 1. The Hall–Kier alpha value is -2.42. The van der Waals surface area contributed by atoms with Gasteiger partial charge in [0.25, 0.3) is 17.2 Å². The number of aryl methyl sites for hydroxylation is 1. The predicted octanol–water partition coefficient (Wildman–Crippen LogP) is 6.24. The Morgan fingerprint density at radius 3 is 2.66 bits per heavy atom. The summed E-state index contributed by atoms with van der Waals surface area (Å²) >= 11 is 4.19. The zero-order chi connectivity index (χ0) is 25.5. The van der Waals surface area contributed by atoms with E-state index in [-0.39, 0.29) is 6.54 Å². The van der Waals surface area contributed by atoms with E-state index in [0.717, 1.165) is 51.7 Å². The minimum Gasteiger partial charge on any atom is -0.494 e. The maximum Gasteiger partial charge on any atom is 0.267 e. The van der Waals surface area contributed by atoms with Crippen molar-refractivity contribution in [2.24, 2.45) is 5.92 Å². The van der Waals surface area contributed by atoms with Crippen molar-refractivity contribution in [2.75, 3.05) is 13.2 Å². The fourth-order valence-corrected chi connectivity index (χ4v) is 4.57. The summed E-state index contributed by atoms with van der Waals surface area (Å²) in [5, 5.41) is 0.596. The van der Waals surface area contributed by atoms with Crippen LogP contribution >= 0.6 is 11.6 Å². The van der Waals surface area contributed by atoms with Crippen LogP contribution in [-0.2, 0) is 17.8 Å². The molecular formula is C26H34ClN3O4S. The highest BCUT2D eigenvalue weighted by molar-refractivity contribution is 7.77. The summed E-state index contributed by atoms with van der Waals surface area (Å²) in [6.07, 6.45) is 3.48. The Bertz CT molecular complexity index is 1190. The number of aromatic nitrogens is 2. The molecule has 7 nitrogen and oxygen atoms in total. The Kier molecular flexibility index (Phi) is 9.71. The van der Waals surface area contributed by atoms with Crippen LogP contribution in [-0.4, -0.2) is 41.7 Å². The van der Waals surface area contributed by atoms with Crippen LogP contribution in [0, 0.1) is 12.8 Å². The molecule has 1 atom stereocenters. The number of hydrogen-bond donors (Lipinski definition) is 1. The van der Waals surface area contributed by atoms with Crippen LogP contribution < -0.4 is 4.74 Å². The second-order valence-corrected chi connectivity index (χ2v) is 10.4. The SMILES string of the molecule is CCCCCN(C(=O)c1ccc2nc(C)n(Cc3ccc(OCCC(C)C)cc3Cl)c2c1)S(=O)O. The Morgan fingerprint density at radius 2 is 2.00 bits per heavy atom. The molecule has 1 aromatic heterocycles. The van der Waals surface area contributed by atoms with E-state index in [1.807, 2.05) is 36.6 Å². The van der Waals surface area contributed by atoms with Crippen LogP contribution in [0.3, 0.4) is 0 Å². The van der Waals surface area contributed by atoms with E-state index in [9.17, 15) is 13.6 Å². The molecule has 0 aliphatic carbocycles. The highest BCUT2D eigenvalue weighted by atomic mass is 35.5. The average molecular weight is 520 g/mol. The summed E-state index contributed by atoms with van der Waals surface area (Å²) in [6, 6.07) is 10.8. The van der Waals surface area contributed by atoms with Gasteiger partial charge in [-0.1, -0.05) is 51.3 Å². The molecule has 0 fully saturated rings. The molecule has 35 heavy (non-hydrogen) atoms. The molecule has 0 saturated carbocycles. The van der Waals surface area contributed by atoms with Crippen molar-refractivity contribution >= 4 is 39.8 Å². The molecule has 3 aromatic rings. The first-order chi connectivity index (χ1) is 16.7. The lowest BCUT2D eigenvalue weighted by Gasteiger charge is -2.18. The quantitative estimate of drug-likeness (QED) is 0.226. The van der Waals surface area contributed by atoms with E-state index in [1.54, 1.807) is 18.2 Å². The highest BCUT2D eigenvalue weighted by Crippen LogP contribution is 2.27. The van der Waals surface area contributed by atoms with Gasteiger partial charge in [-0.15, -0.1) is 0 Å². The lowest BCUT2D eigenvalue weighted by Crippen LogP contribution is -2.33. The lowest BCUT2D eigenvalue weighted by molar-refractivity contribution is 0.0858. The normalized spacial score (nSPS) is 12.3. The standard InChI is InChI=1S/C26H34ClN3O4S/c1-5-6-7-13-30(35(32)33)26(31)20-9-11-24-25(15-20)29(19(4)28-24)17-21-8-10-22(16-23(21)27)34-14-12-18(2)3/h8-11,15-16,18H,5-7,12-14,17H2,1-4H3,(H,32,33). The maximum absolute atomic E-state index is 13.0. The van der Waals surface area contributed by atoms with E-state index in [2.05, 4.69) is 18.8 Å². The van der Waals surface area contributed by atoms with Crippen molar-refractivity contribution in [2.45, 2.75) is 59.9 Å². The molecule has 0 spiro atoms. The van der Waals surface area contributed by atoms with E-state index in [0.29, 0.717) is 36.1 Å². The summed E-state index contributed by atoms with van der Waals surface area (Å²) in [6.45, 7) is 9.60. The van der Waals surface area contributed by atoms with Crippen molar-refractivity contribution < 1.29 is 18.3 Å². The van der Waals surface area contributed by atoms with Gasteiger partial charge in [0.15, 0.2) is 0 Å². The summed E-state index contributed by atoms with van der Waals surface area (Å²) < 4.78 is 30.3. The number of amides is 1. The molecule has 9 heteroatoms. The molecule has 0 aliphatic rings. The third-order valence-corrected chi connectivity index (χ3v) is 6.96. The zero-order valence-corrected chi connectivity index (χ0v) is 22.4. The molecule has 3 rings (SSSR count). The van der Waals surface area contributed by atoms with Gasteiger partial charge in [0.05, 0.1) is 24.2 Å². The topological polar surface area (TPSA) is 84.7 Å². The average Bonchev–Trinajstić information content (AvgIpc) is 3.11. The van der Waals surface area contributed by atoms with E-state index in [4.69, 9.17) is 16.3 Å². The number of unbranched alkanes of at least 4 members (excludes halogenated alkanes) is 2. The van der Waals surface area contributed by atoms with Crippen LogP contribution in [0.25, 0.3) is 11.0 Å². The van der Waals surface area contributed by atoms with Gasteiger partial charge >= 0.3 is 0 Å². The molecule has 1 N–H and O–H groups in total. The van der Waals surface area contributed by atoms with Gasteiger partial charge in [0.1, 0.15) is 11.6 Å². The molecule has 1 heterocycles. The molecule has 1 unspecified atom stereocenters. The Balaban J connectivity index is 1.85. The maximum atomic E-state index is 13.0. The summed E-state index contributed by atoms with van der Waals surface area (Å²) in [5.41, 5.74) is 2.75. The van der Waals surface area contributed by atoms with Crippen LogP contribution in [0.4, 0.5) is 0 Å². The first-order valence-electron chi connectivity index (χ1n) is 12.0. The van der Waals surface area contributed by atoms with Crippen LogP contribution in [0.2, 0.25) is 5.02 Å². The molecular weight excluding hydrogens is 486 g/mol. The van der Waals surface area contributed by atoms with Crippen LogP contribution in [0.1, 0.15) is 68.2 Å². The van der Waals surface area contributed by atoms with Crippen molar-refractivity contribution in [1.82, 2.24) is 13.9 Å². The molecule has 190 valence electrons. The first kappa shape index (κ1) is 27.2. The number of carbonyl (C=O) groups is 1. The van der Waals surface area contributed by atoms with Crippen molar-refractivity contribution in [3.05, 3.63) is 58.4 Å².